The van der Waals surface area contributed by atoms with Crippen molar-refractivity contribution >= 4 is 28.9 Å². The molecule has 158 valence electrons. The van der Waals surface area contributed by atoms with Gasteiger partial charge in [0.25, 0.3) is 0 Å². The van der Waals surface area contributed by atoms with E-state index in [9.17, 15) is 4.79 Å². The van der Waals surface area contributed by atoms with Gasteiger partial charge in [0, 0.05) is 55.8 Å². The topological polar surface area (TPSA) is 70.6 Å². The maximum Gasteiger partial charge on any atom is 0.229 e. The second-order valence-corrected chi connectivity index (χ2v) is 7.88. The summed E-state index contributed by atoms with van der Waals surface area (Å²) >= 11 is 0. The molecule has 0 atom stereocenters. The van der Waals surface area contributed by atoms with Gasteiger partial charge in [-0.1, -0.05) is 6.07 Å². The SMILES string of the molecule is CCN1c2ncc(CCOc3cccc4c3CC(=O)N4)cc2CN(C)c2cccnc21. The summed E-state index contributed by atoms with van der Waals surface area (Å²) in [6.07, 6.45) is 4.88. The first-order valence-corrected chi connectivity index (χ1v) is 10.6. The zero-order chi connectivity index (χ0) is 21.4. The third-order valence-electron chi connectivity index (χ3n) is 5.80. The van der Waals surface area contributed by atoms with Gasteiger partial charge in [-0.2, -0.15) is 0 Å². The number of nitrogens with one attached hydrogen (secondary N) is 1. The van der Waals surface area contributed by atoms with E-state index in [-0.39, 0.29) is 5.91 Å². The van der Waals surface area contributed by atoms with Crippen LogP contribution in [-0.2, 0) is 24.2 Å². The Morgan fingerprint density at radius 2 is 2.06 bits per heavy atom. The van der Waals surface area contributed by atoms with Crippen molar-refractivity contribution in [1.82, 2.24) is 9.97 Å². The molecule has 1 N–H and O–H groups in total. The van der Waals surface area contributed by atoms with Gasteiger partial charge in [-0.15, -0.1) is 0 Å². The number of hydrogen-bond acceptors (Lipinski definition) is 6. The van der Waals surface area contributed by atoms with Crippen molar-refractivity contribution < 1.29 is 9.53 Å². The minimum Gasteiger partial charge on any atom is -0.493 e. The van der Waals surface area contributed by atoms with Gasteiger partial charge in [0.2, 0.25) is 5.91 Å². The Bertz CT molecular complexity index is 1150. The van der Waals surface area contributed by atoms with Crippen molar-refractivity contribution in [3.05, 3.63) is 65.5 Å². The number of fused-ring (bicyclic) bond motifs is 3. The van der Waals surface area contributed by atoms with Crippen LogP contribution in [-0.4, -0.2) is 36.1 Å². The maximum atomic E-state index is 11.7. The van der Waals surface area contributed by atoms with Crippen molar-refractivity contribution in [2.75, 3.05) is 35.3 Å². The van der Waals surface area contributed by atoms with Gasteiger partial charge in [-0.05, 0) is 42.8 Å². The van der Waals surface area contributed by atoms with Crippen LogP contribution in [0.5, 0.6) is 5.75 Å². The fourth-order valence-electron chi connectivity index (χ4n) is 4.32. The molecule has 7 heteroatoms. The molecular formula is C24H25N5O2. The fraction of sp³-hybridized carbons (Fsp3) is 0.292. The van der Waals surface area contributed by atoms with E-state index in [0.29, 0.717) is 13.0 Å². The van der Waals surface area contributed by atoms with Gasteiger partial charge in [0.1, 0.15) is 11.6 Å². The number of carbonyl (C=O) groups excluding carboxylic acids is 1. The maximum absolute atomic E-state index is 11.7. The Morgan fingerprint density at radius 3 is 2.94 bits per heavy atom. The van der Waals surface area contributed by atoms with E-state index in [4.69, 9.17) is 9.72 Å². The van der Waals surface area contributed by atoms with Crippen LogP contribution in [0.25, 0.3) is 0 Å². The molecule has 31 heavy (non-hydrogen) atoms. The predicted octanol–water partition coefficient (Wildman–Crippen LogP) is 3.70. The summed E-state index contributed by atoms with van der Waals surface area (Å²) in [4.78, 5) is 25.5. The third-order valence-corrected chi connectivity index (χ3v) is 5.80. The number of amides is 1. The number of aromatic nitrogens is 2. The Balaban J connectivity index is 1.34. The second-order valence-electron chi connectivity index (χ2n) is 7.88. The molecule has 0 unspecified atom stereocenters. The van der Waals surface area contributed by atoms with Crippen LogP contribution in [0.3, 0.4) is 0 Å². The molecule has 0 saturated carbocycles. The number of carbonyl (C=O) groups is 1. The first kappa shape index (κ1) is 19.4. The van der Waals surface area contributed by atoms with E-state index in [2.05, 4.69) is 46.2 Å². The zero-order valence-electron chi connectivity index (χ0n) is 17.8. The standard InChI is InChI=1S/C24H25N5O2/c1-3-29-23-17(15-28(2)20-7-5-10-25-24(20)29)12-16(14-26-23)9-11-31-21-8-4-6-19-18(21)13-22(30)27-19/h4-8,10,12,14H,3,9,11,13,15H2,1-2H3,(H,27,30). The summed E-state index contributed by atoms with van der Waals surface area (Å²) < 4.78 is 6.03. The lowest BCUT2D eigenvalue weighted by molar-refractivity contribution is -0.115. The van der Waals surface area contributed by atoms with Gasteiger partial charge < -0.3 is 19.9 Å². The molecule has 0 saturated heterocycles. The van der Waals surface area contributed by atoms with Crippen LogP contribution in [0.1, 0.15) is 23.6 Å². The third kappa shape index (κ3) is 3.56. The lowest BCUT2D eigenvalue weighted by Crippen LogP contribution is -2.19. The van der Waals surface area contributed by atoms with E-state index in [0.717, 1.165) is 59.4 Å². The molecule has 3 aromatic rings. The molecule has 5 rings (SSSR count). The van der Waals surface area contributed by atoms with Gasteiger partial charge in [0.05, 0.1) is 18.7 Å². The van der Waals surface area contributed by atoms with Crippen molar-refractivity contribution in [2.24, 2.45) is 0 Å². The summed E-state index contributed by atoms with van der Waals surface area (Å²) in [5, 5.41) is 2.86. The Morgan fingerprint density at radius 1 is 1.16 bits per heavy atom. The molecule has 1 amide bonds. The van der Waals surface area contributed by atoms with Crippen LogP contribution in [0.15, 0.2) is 48.8 Å². The van der Waals surface area contributed by atoms with E-state index in [1.807, 2.05) is 36.7 Å². The Kier molecular flexibility index (Phi) is 4.94. The number of pyridine rings is 2. The molecule has 4 heterocycles. The number of nitrogens with zero attached hydrogens (tertiary/aromatic N) is 4. The summed E-state index contributed by atoms with van der Waals surface area (Å²) in [5.74, 6) is 2.69. The largest absolute Gasteiger partial charge is 0.493 e. The van der Waals surface area contributed by atoms with Crippen LogP contribution < -0.4 is 19.9 Å². The monoisotopic (exact) mass is 415 g/mol. The minimum absolute atomic E-state index is 0.0149. The fourth-order valence-corrected chi connectivity index (χ4v) is 4.32. The molecule has 2 aromatic heterocycles. The van der Waals surface area contributed by atoms with Gasteiger partial charge in [-0.3, -0.25) is 4.79 Å². The van der Waals surface area contributed by atoms with E-state index in [1.165, 1.54) is 5.56 Å². The highest BCUT2D eigenvalue weighted by atomic mass is 16.5. The molecule has 0 spiro atoms. The summed E-state index contributed by atoms with van der Waals surface area (Å²) in [7, 11) is 2.09. The number of hydrogen-bond donors (Lipinski definition) is 1. The van der Waals surface area contributed by atoms with Crippen LogP contribution in [0, 0.1) is 0 Å². The number of rotatable bonds is 5. The number of anilines is 4. The van der Waals surface area contributed by atoms with Gasteiger partial charge in [0.15, 0.2) is 5.82 Å². The molecule has 0 radical (unpaired) electrons. The van der Waals surface area contributed by atoms with Crippen LogP contribution in [0.4, 0.5) is 23.0 Å². The molecule has 7 nitrogen and oxygen atoms in total. The Hall–Kier alpha value is -3.61. The Labute approximate surface area is 181 Å². The molecule has 0 bridgehead atoms. The molecule has 2 aliphatic rings. The smallest absolute Gasteiger partial charge is 0.229 e. The van der Waals surface area contributed by atoms with E-state index < -0.39 is 0 Å². The zero-order valence-corrected chi connectivity index (χ0v) is 17.8. The summed E-state index contributed by atoms with van der Waals surface area (Å²) in [6.45, 7) is 4.22. The normalized spacial score (nSPS) is 14.5. The highest BCUT2D eigenvalue weighted by Gasteiger charge is 2.25. The van der Waals surface area contributed by atoms with E-state index >= 15 is 0 Å². The molecular weight excluding hydrogens is 390 g/mol. The van der Waals surface area contributed by atoms with Gasteiger partial charge >= 0.3 is 0 Å². The summed E-state index contributed by atoms with van der Waals surface area (Å²) in [5.41, 5.74) is 5.20. The predicted molar refractivity (Wildman–Crippen MR) is 121 cm³/mol. The average Bonchev–Trinajstić information content (AvgIpc) is 3.11. The van der Waals surface area contributed by atoms with Crippen LogP contribution in [0.2, 0.25) is 0 Å². The summed E-state index contributed by atoms with van der Waals surface area (Å²) in [6, 6.07) is 12.0. The van der Waals surface area contributed by atoms with Crippen LogP contribution >= 0.6 is 0 Å². The first-order valence-electron chi connectivity index (χ1n) is 10.6. The second kappa shape index (κ2) is 7.91. The van der Waals surface area contributed by atoms with Crippen molar-refractivity contribution in [1.29, 1.82) is 0 Å². The van der Waals surface area contributed by atoms with Gasteiger partial charge in [-0.25, -0.2) is 9.97 Å². The average molecular weight is 415 g/mol. The lowest BCUT2D eigenvalue weighted by atomic mass is 10.1. The minimum atomic E-state index is 0.0149. The first-order chi connectivity index (χ1) is 15.1. The number of ether oxygens (including phenoxy) is 1. The molecule has 0 aliphatic carbocycles. The molecule has 1 aromatic carbocycles. The number of benzene rings is 1. The van der Waals surface area contributed by atoms with Crippen molar-refractivity contribution in [3.8, 4) is 5.75 Å². The van der Waals surface area contributed by atoms with Crippen molar-refractivity contribution in [3.63, 3.8) is 0 Å². The molecule has 0 fully saturated rings. The lowest BCUT2D eigenvalue weighted by Gasteiger charge is -2.23. The highest BCUT2D eigenvalue weighted by molar-refractivity contribution is 6.00. The van der Waals surface area contributed by atoms with Crippen molar-refractivity contribution in [2.45, 2.75) is 26.3 Å². The highest BCUT2D eigenvalue weighted by Crippen LogP contribution is 2.37. The molecule has 2 aliphatic heterocycles. The quantitative estimate of drug-likeness (QED) is 0.685. The van der Waals surface area contributed by atoms with E-state index in [1.54, 1.807) is 0 Å².